The van der Waals surface area contributed by atoms with E-state index in [4.69, 9.17) is 0 Å². The van der Waals surface area contributed by atoms with Gasteiger partial charge in [-0.15, -0.1) is 0 Å². The second-order valence-corrected chi connectivity index (χ2v) is 6.31. The third-order valence-corrected chi connectivity index (χ3v) is 4.60. The number of amides is 1. The first-order chi connectivity index (χ1) is 12.3. The Morgan fingerprint density at radius 1 is 1.04 bits per heavy atom. The summed E-state index contributed by atoms with van der Waals surface area (Å²) in [7, 11) is 0. The van der Waals surface area contributed by atoms with Gasteiger partial charge >= 0.3 is 0 Å². The number of fused-ring (bicyclic) bond motifs is 2. The van der Waals surface area contributed by atoms with Gasteiger partial charge in [0.1, 0.15) is 0 Å². The van der Waals surface area contributed by atoms with Crippen molar-refractivity contribution < 1.29 is 4.79 Å². The highest BCUT2D eigenvalue weighted by molar-refractivity contribution is 5.88. The van der Waals surface area contributed by atoms with E-state index < -0.39 is 0 Å². The minimum atomic E-state index is 0.0714. The predicted molar refractivity (Wildman–Crippen MR) is 102 cm³/mol. The maximum atomic E-state index is 12.2. The van der Waals surface area contributed by atoms with Crippen molar-refractivity contribution in [2.24, 2.45) is 0 Å². The van der Waals surface area contributed by atoms with Crippen molar-refractivity contribution in [3.63, 3.8) is 0 Å². The van der Waals surface area contributed by atoms with Crippen molar-refractivity contribution in [1.82, 2.24) is 14.9 Å². The standard InChI is InChI=1S/C21H21N3O/c25-21(14-17-15-23-19-8-3-2-7-18(17)19)22-11-5-12-24-13-10-16-6-1-4-9-20(16)24/h1-4,6-10,13,15,23H,5,11-12,14H2,(H,22,25). The van der Waals surface area contributed by atoms with Crippen LogP contribution in [-0.4, -0.2) is 22.0 Å². The van der Waals surface area contributed by atoms with Gasteiger partial charge in [0, 0.05) is 41.9 Å². The summed E-state index contributed by atoms with van der Waals surface area (Å²) in [6.45, 7) is 1.59. The van der Waals surface area contributed by atoms with Gasteiger partial charge in [-0.25, -0.2) is 0 Å². The van der Waals surface area contributed by atoms with Crippen LogP contribution in [0.3, 0.4) is 0 Å². The van der Waals surface area contributed by atoms with Gasteiger partial charge < -0.3 is 14.9 Å². The van der Waals surface area contributed by atoms with Gasteiger partial charge in [0.05, 0.1) is 6.42 Å². The van der Waals surface area contributed by atoms with E-state index in [1.807, 2.05) is 30.5 Å². The molecule has 2 aromatic heterocycles. The molecule has 0 aliphatic rings. The third kappa shape index (κ3) is 3.29. The van der Waals surface area contributed by atoms with Crippen LogP contribution in [0.15, 0.2) is 67.0 Å². The molecule has 0 spiro atoms. The van der Waals surface area contributed by atoms with Crippen molar-refractivity contribution in [2.45, 2.75) is 19.4 Å². The van der Waals surface area contributed by atoms with E-state index >= 15 is 0 Å². The Morgan fingerprint density at radius 3 is 2.84 bits per heavy atom. The summed E-state index contributed by atoms with van der Waals surface area (Å²) >= 11 is 0. The fourth-order valence-corrected chi connectivity index (χ4v) is 3.33. The fourth-order valence-electron chi connectivity index (χ4n) is 3.33. The number of rotatable bonds is 6. The number of para-hydroxylation sites is 2. The lowest BCUT2D eigenvalue weighted by Crippen LogP contribution is -2.26. The minimum absolute atomic E-state index is 0.0714. The molecule has 0 radical (unpaired) electrons. The van der Waals surface area contributed by atoms with Crippen molar-refractivity contribution in [3.05, 3.63) is 72.6 Å². The van der Waals surface area contributed by atoms with E-state index in [9.17, 15) is 4.79 Å². The van der Waals surface area contributed by atoms with Crippen LogP contribution >= 0.6 is 0 Å². The average Bonchev–Trinajstić information content (AvgIpc) is 3.24. The van der Waals surface area contributed by atoms with Crippen LogP contribution in [0.1, 0.15) is 12.0 Å². The second kappa shape index (κ2) is 6.85. The van der Waals surface area contributed by atoms with E-state index in [-0.39, 0.29) is 5.91 Å². The highest BCUT2D eigenvalue weighted by Crippen LogP contribution is 2.18. The molecule has 2 N–H and O–H groups in total. The molecule has 1 amide bonds. The van der Waals surface area contributed by atoms with Crippen molar-refractivity contribution >= 4 is 27.7 Å². The van der Waals surface area contributed by atoms with E-state index in [0.717, 1.165) is 29.4 Å². The molecular weight excluding hydrogens is 310 g/mol. The summed E-state index contributed by atoms with van der Waals surface area (Å²) in [5.74, 6) is 0.0714. The molecule has 0 bridgehead atoms. The van der Waals surface area contributed by atoms with Crippen LogP contribution in [0.5, 0.6) is 0 Å². The molecule has 4 rings (SSSR count). The maximum absolute atomic E-state index is 12.2. The number of aryl methyl sites for hydroxylation is 1. The third-order valence-electron chi connectivity index (χ3n) is 4.60. The molecule has 4 aromatic rings. The monoisotopic (exact) mass is 331 g/mol. The number of aromatic amines is 1. The maximum Gasteiger partial charge on any atom is 0.224 e. The number of aromatic nitrogens is 2. The first kappa shape index (κ1) is 15.5. The SMILES string of the molecule is O=C(Cc1c[nH]c2ccccc12)NCCCn1ccc2ccccc21. The number of hydrogen-bond donors (Lipinski definition) is 2. The molecule has 2 aromatic carbocycles. The molecule has 0 aliphatic carbocycles. The van der Waals surface area contributed by atoms with Crippen LogP contribution in [0.2, 0.25) is 0 Å². The quantitative estimate of drug-likeness (QED) is 0.518. The summed E-state index contributed by atoms with van der Waals surface area (Å²) in [4.78, 5) is 15.4. The lowest BCUT2D eigenvalue weighted by Gasteiger charge is -2.07. The Morgan fingerprint density at radius 2 is 1.88 bits per heavy atom. The number of carbonyl (C=O) groups is 1. The Bertz CT molecular complexity index is 1010. The van der Waals surface area contributed by atoms with E-state index in [2.05, 4.69) is 51.4 Å². The zero-order valence-electron chi connectivity index (χ0n) is 14.0. The summed E-state index contributed by atoms with van der Waals surface area (Å²) < 4.78 is 2.24. The fraction of sp³-hybridized carbons (Fsp3) is 0.190. The number of benzene rings is 2. The number of H-pyrrole nitrogens is 1. The van der Waals surface area contributed by atoms with Gasteiger partial charge in [0.25, 0.3) is 0 Å². The lowest BCUT2D eigenvalue weighted by molar-refractivity contribution is -0.120. The zero-order chi connectivity index (χ0) is 17.1. The van der Waals surface area contributed by atoms with Crippen molar-refractivity contribution in [1.29, 1.82) is 0 Å². The van der Waals surface area contributed by atoms with E-state index in [1.165, 1.54) is 10.9 Å². The molecule has 0 atom stereocenters. The molecule has 25 heavy (non-hydrogen) atoms. The summed E-state index contributed by atoms with van der Waals surface area (Å²) in [5, 5.41) is 5.41. The van der Waals surface area contributed by atoms with Gasteiger partial charge in [0.2, 0.25) is 5.91 Å². The molecule has 0 saturated heterocycles. The van der Waals surface area contributed by atoms with Crippen LogP contribution < -0.4 is 5.32 Å². The molecule has 4 nitrogen and oxygen atoms in total. The smallest absolute Gasteiger partial charge is 0.224 e. The molecular formula is C21H21N3O. The first-order valence-corrected chi connectivity index (χ1v) is 8.67. The Labute approximate surface area is 146 Å². The van der Waals surface area contributed by atoms with Crippen LogP contribution in [0.4, 0.5) is 0 Å². The van der Waals surface area contributed by atoms with Gasteiger partial charge in [-0.3, -0.25) is 4.79 Å². The van der Waals surface area contributed by atoms with Crippen LogP contribution in [0, 0.1) is 0 Å². The molecule has 0 aliphatic heterocycles. The molecule has 126 valence electrons. The minimum Gasteiger partial charge on any atom is -0.361 e. The predicted octanol–water partition coefficient (Wildman–Crippen LogP) is 3.87. The Balaban J connectivity index is 1.29. The van der Waals surface area contributed by atoms with Gasteiger partial charge in [-0.1, -0.05) is 36.4 Å². The number of nitrogens with one attached hydrogen (secondary N) is 2. The molecule has 0 fully saturated rings. The normalized spacial score (nSPS) is 11.2. The zero-order valence-corrected chi connectivity index (χ0v) is 14.0. The van der Waals surface area contributed by atoms with E-state index in [0.29, 0.717) is 13.0 Å². The highest BCUT2D eigenvalue weighted by atomic mass is 16.1. The highest BCUT2D eigenvalue weighted by Gasteiger charge is 2.08. The second-order valence-electron chi connectivity index (χ2n) is 6.31. The lowest BCUT2D eigenvalue weighted by atomic mass is 10.1. The van der Waals surface area contributed by atoms with Crippen molar-refractivity contribution in [2.75, 3.05) is 6.54 Å². The van der Waals surface area contributed by atoms with Crippen molar-refractivity contribution in [3.8, 4) is 0 Å². The van der Waals surface area contributed by atoms with Gasteiger partial charge in [-0.2, -0.15) is 0 Å². The summed E-state index contributed by atoms with van der Waals surface area (Å²) in [6.07, 6.45) is 5.36. The number of carbonyl (C=O) groups excluding carboxylic acids is 1. The van der Waals surface area contributed by atoms with Crippen LogP contribution in [0.25, 0.3) is 21.8 Å². The number of nitrogens with zero attached hydrogens (tertiary/aromatic N) is 1. The molecule has 2 heterocycles. The summed E-state index contributed by atoms with van der Waals surface area (Å²) in [5.41, 5.74) is 3.36. The molecule has 0 unspecified atom stereocenters. The van der Waals surface area contributed by atoms with E-state index in [1.54, 1.807) is 0 Å². The molecule has 4 heteroatoms. The number of hydrogen-bond acceptors (Lipinski definition) is 1. The van der Waals surface area contributed by atoms with Gasteiger partial charge in [-0.05, 0) is 35.6 Å². The topological polar surface area (TPSA) is 49.8 Å². The largest absolute Gasteiger partial charge is 0.361 e. The Kier molecular flexibility index (Phi) is 4.25. The Hall–Kier alpha value is -3.01. The van der Waals surface area contributed by atoms with Crippen LogP contribution in [-0.2, 0) is 17.8 Å². The first-order valence-electron chi connectivity index (χ1n) is 8.67. The molecule has 0 saturated carbocycles. The summed E-state index contributed by atoms with van der Waals surface area (Å²) in [6, 6.07) is 18.6. The average molecular weight is 331 g/mol. The van der Waals surface area contributed by atoms with Gasteiger partial charge in [0.15, 0.2) is 0 Å².